The quantitative estimate of drug-likeness (QED) is 0.585. The molecule has 0 heterocycles. The SMILES string of the molecule is CC(C)(O)O[C@]1(C(=O)CO)CCC2C3CCC4=CC(=O)C=CC4(C)[C@@]3(F)[C@H](O)CC21C. The smallest absolute Gasteiger partial charge is 0.190 e. The van der Waals surface area contributed by atoms with Crippen LogP contribution in [0.1, 0.15) is 59.8 Å². The van der Waals surface area contributed by atoms with Crippen LogP contribution in [0, 0.1) is 22.7 Å². The maximum atomic E-state index is 17.1. The Kier molecular flexibility index (Phi) is 4.99. The third kappa shape index (κ3) is 2.82. The van der Waals surface area contributed by atoms with Crippen LogP contribution in [0.5, 0.6) is 0 Å². The molecular formula is C24H33FO6. The molecule has 4 aliphatic carbocycles. The second-order valence-electron chi connectivity index (χ2n) is 10.8. The fourth-order valence-electron chi connectivity index (χ4n) is 7.44. The molecule has 0 amide bonds. The summed E-state index contributed by atoms with van der Waals surface area (Å²) in [6.45, 7) is 5.67. The number of halogens is 1. The highest BCUT2D eigenvalue weighted by Crippen LogP contribution is 2.70. The molecule has 6 nitrogen and oxygen atoms in total. The first-order chi connectivity index (χ1) is 14.2. The van der Waals surface area contributed by atoms with Crippen molar-refractivity contribution in [3.05, 3.63) is 23.8 Å². The average Bonchev–Trinajstić information content (AvgIpc) is 2.94. The lowest BCUT2D eigenvalue weighted by molar-refractivity contribution is -0.285. The minimum Gasteiger partial charge on any atom is -0.390 e. The number of Topliss-reactive ketones (excluding diaryl/α,β-unsaturated/α-hetero) is 1. The molecule has 0 aromatic rings. The molecular weight excluding hydrogens is 403 g/mol. The van der Waals surface area contributed by atoms with Crippen LogP contribution in [0.15, 0.2) is 23.8 Å². The number of ether oxygens (including phenoxy) is 1. The number of carbonyl (C=O) groups excluding carboxylic acids is 2. The predicted molar refractivity (Wildman–Crippen MR) is 111 cm³/mol. The zero-order valence-corrected chi connectivity index (χ0v) is 18.7. The van der Waals surface area contributed by atoms with Gasteiger partial charge >= 0.3 is 0 Å². The highest BCUT2D eigenvalue weighted by molar-refractivity contribution is 6.01. The van der Waals surface area contributed by atoms with E-state index >= 15 is 4.39 Å². The van der Waals surface area contributed by atoms with E-state index in [1.807, 2.05) is 6.92 Å². The van der Waals surface area contributed by atoms with Gasteiger partial charge in [0.15, 0.2) is 23.0 Å². The first-order valence-electron chi connectivity index (χ1n) is 11.1. The Morgan fingerprint density at radius 1 is 1.29 bits per heavy atom. The minimum absolute atomic E-state index is 0.0445. The number of aliphatic hydroxyl groups excluding tert-OH is 2. The number of allylic oxidation sites excluding steroid dienone is 4. The molecule has 7 heteroatoms. The molecule has 172 valence electrons. The summed E-state index contributed by atoms with van der Waals surface area (Å²) >= 11 is 0. The second-order valence-corrected chi connectivity index (χ2v) is 10.8. The zero-order chi connectivity index (χ0) is 23.0. The highest BCUT2D eigenvalue weighted by Gasteiger charge is 2.75. The van der Waals surface area contributed by atoms with Crippen molar-refractivity contribution in [1.29, 1.82) is 0 Å². The topological polar surface area (TPSA) is 104 Å². The van der Waals surface area contributed by atoms with E-state index in [1.54, 1.807) is 13.0 Å². The van der Waals surface area contributed by atoms with Gasteiger partial charge in [-0.3, -0.25) is 9.59 Å². The molecule has 0 spiro atoms. The number of rotatable bonds is 4. The van der Waals surface area contributed by atoms with Crippen LogP contribution in [-0.4, -0.2) is 56.7 Å². The van der Waals surface area contributed by atoms with E-state index in [0.717, 1.165) is 0 Å². The molecule has 31 heavy (non-hydrogen) atoms. The Hall–Kier alpha value is -1.41. The van der Waals surface area contributed by atoms with Crippen molar-refractivity contribution in [2.75, 3.05) is 6.61 Å². The van der Waals surface area contributed by atoms with Crippen LogP contribution in [0.2, 0.25) is 0 Å². The molecule has 3 N–H and O–H groups in total. The van der Waals surface area contributed by atoms with Gasteiger partial charge in [0.2, 0.25) is 0 Å². The number of ketones is 2. The van der Waals surface area contributed by atoms with Crippen LogP contribution >= 0.6 is 0 Å². The first kappa shape index (κ1) is 22.8. The lowest BCUT2D eigenvalue weighted by Gasteiger charge is -2.63. The van der Waals surface area contributed by atoms with E-state index in [-0.39, 0.29) is 24.5 Å². The van der Waals surface area contributed by atoms with Crippen molar-refractivity contribution in [2.45, 2.75) is 83.0 Å². The predicted octanol–water partition coefficient (Wildman–Crippen LogP) is 2.40. The second kappa shape index (κ2) is 6.80. The first-order valence-corrected chi connectivity index (χ1v) is 11.1. The van der Waals surface area contributed by atoms with Gasteiger partial charge in [-0.1, -0.05) is 18.6 Å². The maximum Gasteiger partial charge on any atom is 0.190 e. The zero-order valence-electron chi connectivity index (χ0n) is 18.7. The number of carbonyl (C=O) groups is 2. The Bertz CT molecular complexity index is 874. The van der Waals surface area contributed by atoms with Gasteiger partial charge in [0.25, 0.3) is 0 Å². The minimum atomic E-state index is -1.99. The van der Waals surface area contributed by atoms with Gasteiger partial charge in [-0.25, -0.2) is 4.39 Å². The maximum absolute atomic E-state index is 17.1. The Balaban J connectivity index is 1.82. The van der Waals surface area contributed by atoms with E-state index in [4.69, 9.17) is 4.74 Å². The largest absolute Gasteiger partial charge is 0.390 e. The van der Waals surface area contributed by atoms with E-state index in [2.05, 4.69) is 0 Å². The van der Waals surface area contributed by atoms with Crippen LogP contribution < -0.4 is 0 Å². The van der Waals surface area contributed by atoms with Gasteiger partial charge in [-0.05, 0) is 70.9 Å². The molecule has 3 saturated carbocycles. The monoisotopic (exact) mass is 436 g/mol. The van der Waals surface area contributed by atoms with Crippen molar-refractivity contribution >= 4 is 11.6 Å². The number of hydrogen-bond acceptors (Lipinski definition) is 6. The van der Waals surface area contributed by atoms with Crippen molar-refractivity contribution < 1.29 is 34.0 Å². The van der Waals surface area contributed by atoms with Gasteiger partial charge in [-0.2, -0.15) is 0 Å². The van der Waals surface area contributed by atoms with E-state index in [1.165, 1.54) is 26.0 Å². The number of hydrogen-bond donors (Lipinski definition) is 3. The summed E-state index contributed by atoms with van der Waals surface area (Å²) in [6.07, 6.45) is 4.72. The molecule has 0 aromatic carbocycles. The fraction of sp³-hybridized carbons (Fsp3) is 0.750. The average molecular weight is 437 g/mol. The number of aliphatic hydroxyl groups is 3. The normalized spacial score (nSPS) is 46.8. The third-order valence-electron chi connectivity index (χ3n) is 8.78. The molecule has 0 radical (unpaired) electrons. The van der Waals surface area contributed by atoms with E-state index in [9.17, 15) is 24.9 Å². The van der Waals surface area contributed by atoms with Gasteiger partial charge in [0.1, 0.15) is 12.2 Å². The van der Waals surface area contributed by atoms with E-state index < -0.39 is 52.3 Å². The standard InChI is InChI=1S/C24H33FO6/c1-20(2,30)31-23(19(29)13-26)10-8-16-17-6-5-14-11-15(27)7-9-21(14,3)24(17,25)18(28)12-22(16,23)4/h7,9,11,16-18,26,28,30H,5-6,8,10,12-13H2,1-4H3/t16?,17?,18-,21?,22?,23+,24+/m1/s1. The molecule has 0 bridgehead atoms. The van der Waals surface area contributed by atoms with Crippen LogP contribution in [-0.2, 0) is 14.3 Å². The molecule has 4 aliphatic rings. The van der Waals surface area contributed by atoms with Crippen molar-refractivity contribution in [1.82, 2.24) is 0 Å². The van der Waals surface area contributed by atoms with Crippen LogP contribution in [0.3, 0.4) is 0 Å². The van der Waals surface area contributed by atoms with Gasteiger partial charge in [-0.15, -0.1) is 0 Å². The lowest BCUT2D eigenvalue weighted by Crippen LogP contribution is -2.70. The summed E-state index contributed by atoms with van der Waals surface area (Å²) in [5.74, 6) is -3.21. The molecule has 4 unspecified atom stereocenters. The molecule has 3 fully saturated rings. The Morgan fingerprint density at radius 3 is 2.58 bits per heavy atom. The van der Waals surface area contributed by atoms with Crippen LogP contribution in [0.4, 0.5) is 4.39 Å². The summed E-state index contributed by atoms with van der Waals surface area (Å²) < 4.78 is 23.0. The molecule has 0 aliphatic heterocycles. The highest BCUT2D eigenvalue weighted by atomic mass is 19.1. The van der Waals surface area contributed by atoms with Crippen molar-refractivity contribution in [2.24, 2.45) is 22.7 Å². The van der Waals surface area contributed by atoms with Crippen LogP contribution in [0.25, 0.3) is 0 Å². The summed E-state index contributed by atoms with van der Waals surface area (Å²) in [7, 11) is 0. The number of alkyl halides is 1. The van der Waals surface area contributed by atoms with Crippen molar-refractivity contribution in [3.8, 4) is 0 Å². The van der Waals surface area contributed by atoms with Crippen molar-refractivity contribution in [3.63, 3.8) is 0 Å². The van der Waals surface area contributed by atoms with E-state index in [0.29, 0.717) is 24.8 Å². The third-order valence-corrected chi connectivity index (χ3v) is 8.78. The molecule has 7 atom stereocenters. The summed E-state index contributed by atoms with van der Waals surface area (Å²) in [5.41, 5.74) is -4.87. The summed E-state index contributed by atoms with van der Waals surface area (Å²) in [6, 6.07) is 0. The van der Waals surface area contributed by atoms with Gasteiger partial charge in [0, 0.05) is 16.7 Å². The fourth-order valence-corrected chi connectivity index (χ4v) is 7.44. The lowest BCUT2D eigenvalue weighted by atomic mass is 9.44. The Labute approximate surface area is 182 Å². The summed E-state index contributed by atoms with van der Waals surface area (Å²) in [5, 5.41) is 31.5. The number of fused-ring (bicyclic) bond motifs is 5. The molecule has 0 saturated heterocycles. The molecule has 4 rings (SSSR count). The van der Waals surface area contributed by atoms with Gasteiger partial charge < -0.3 is 20.1 Å². The molecule has 0 aromatic heterocycles. The Morgan fingerprint density at radius 2 is 1.97 bits per heavy atom. The summed E-state index contributed by atoms with van der Waals surface area (Å²) in [4.78, 5) is 24.9. The van der Waals surface area contributed by atoms with Gasteiger partial charge in [0.05, 0.1) is 6.10 Å².